The quantitative estimate of drug-likeness (QED) is 0.786. The number of hydrogen-bond acceptors (Lipinski definition) is 2. The minimum Gasteiger partial charge on any atom is -0.478 e. The zero-order valence-electron chi connectivity index (χ0n) is 11.0. The summed E-state index contributed by atoms with van der Waals surface area (Å²) in [6.45, 7) is 0. The van der Waals surface area contributed by atoms with Crippen molar-refractivity contribution in [3.8, 4) is 0 Å². The summed E-state index contributed by atoms with van der Waals surface area (Å²) in [7, 11) is 0. The molecule has 20 heavy (non-hydrogen) atoms. The maximum atomic E-state index is 11.9. The predicted octanol–water partition coefficient (Wildman–Crippen LogP) is 3.60. The Hall–Kier alpha value is -1.56. The van der Waals surface area contributed by atoms with Crippen LogP contribution in [-0.4, -0.2) is 23.1 Å². The highest BCUT2D eigenvalue weighted by Gasteiger charge is 2.17. The first-order chi connectivity index (χ1) is 9.56. The molecule has 3 N–H and O–H groups in total. The zero-order valence-corrected chi connectivity index (χ0v) is 12.6. The lowest BCUT2D eigenvalue weighted by atomic mass is 9.96. The third-order valence-electron chi connectivity index (χ3n) is 3.40. The highest BCUT2D eigenvalue weighted by molar-refractivity contribution is 9.10. The summed E-state index contributed by atoms with van der Waals surface area (Å²) in [6.07, 6.45) is 5.44. The number of carboxylic acids is 1. The van der Waals surface area contributed by atoms with E-state index in [4.69, 9.17) is 5.11 Å². The zero-order chi connectivity index (χ0) is 14.5. The molecule has 1 fully saturated rings. The van der Waals surface area contributed by atoms with Crippen LogP contribution in [0.5, 0.6) is 0 Å². The van der Waals surface area contributed by atoms with Crippen LogP contribution in [0.1, 0.15) is 42.5 Å². The largest absolute Gasteiger partial charge is 0.478 e. The van der Waals surface area contributed by atoms with Gasteiger partial charge in [0.2, 0.25) is 0 Å². The summed E-state index contributed by atoms with van der Waals surface area (Å²) in [5, 5.41) is 14.6. The molecular weight excluding hydrogens is 324 g/mol. The number of urea groups is 1. The second-order valence-electron chi connectivity index (χ2n) is 4.93. The standard InChI is InChI=1S/C14H17BrN2O3/c15-9-6-7-11(13(18)19)12(8-9)17-14(20)16-10-4-2-1-3-5-10/h6-8,10H,1-5H2,(H,18,19)(H2,16,17,20). The summed E-state index contributed by atoms with van der Waals surface area (Å²) in [5.74, 6) is -1.06. The molecule has 0 radical (unpaired) electrons. The number of carbonyl (C=O) groups excluding carboxylic acids is 1. The summed E-state index contributed by atoms with van der Waals surface area (Å²) in [5.41, 5.74) is 0.368. The van der Waals surface area contributed by atoms with Gasteiger partial charge >= 0.3 is 12.0 Å². The van der Waals surface area contributed by atoms with Crippen molar-refractivity contribution in [2.45, 2.75) is 38.1 Å². The smallest absolute Gasteiger partial charge is 0.337 e. The third kappa shape index (κ3) is 3.96. The number of hydrogen-bond donors (Lipinski definition) is 3. The summed E-state index contributed by atoms with van der Waals surface area (Å²) in [4.78, 5) is 23.1. The molecule has 1 saturated carbocycles. The molecule has 0 atom stereocenters. The maximum absolute atomic E-state index is 11.9. The minimum atomic E-state index is -1.06. The molecule has 108 valence electrons. The normalized spacial score (nSPS) is 15.7. The number of anilines is 1. The van der Waals surface area contributed by atoms with Crippen molar-refractivity contribution >= 4 is 33.6 Å². The summed E-state index contributed by atoms with van der Waals surface area (Å²) >= 11 is 3.27. The van der Waals surface area contributed by atoms with E-state index >= 15 is 0 Å². The maximum Gasteiger partial charge on any atom is 0.337 e. The average molecular weight is 341 g/mol. The van der Waals surface area contributed by atoms with E-state index in [1.54, 1.807) is 12.1 Å². The fourth-order valence-electron chi connectivity index (χ4n) is 2.40. The Kier molecular flexibility index (Phi) is 5.00. The molecule has 0 aromatic heterocycles. The Morgan fingerprint density at radius 2 is 1.90 bits per heavy atom. The number of rotatable bonds is 3. The molecule has 0 saturated heterocycles. The van der Waals surface area contributed by atoms with E-state index in [9.17, 15) is 9.59 Å². The van der Waals surface area contributed by atoms with Crippen LogP contribution < -0.4 is 10.6 Å². The molecule has 2 rings (SSSR count). The van der Waals surface area contributed by atoms with Crippen LogP contribution in [0, 0.1) is 0 Å². The average Bonchev–Trinajstić information content (AvgIpc) is 2.39. The molecular formula is C14H17BrN2O3. The number of benzene rings is 1. The first kappa shape index (κ1) is 14.8. The Labute approximate surface area is 125 Å². The van der Waals surface area contributed by atoms with Crippen molar-refractivity contribution in [2.24, 2.45) is 0 Å². The van der Waals surface area contributed by atoms with E-state index < -0.39 is 5.97 Å². The van der Waals surface area contributed by atoms with Crippen LogP contribution >= 0.6 is 15.9 Å². The highest BCUT2D eigenvalue weighted by atomic mass is 79.9. The van der Waals surface area contributed by atoms with Gasteiger partial charge in [0.05, 0.1) is 11.3 Å². The first-order valence-electron chi connectivity index (χ1n) is 6.66. The van der Waals surface area contributed by atoms with Gasteiger partial charge in [-0.25, -0.2) is 9.59 Å². The summed E-state index contributed by atoms with van der Waals surface area (Å²) in [6, 6.07) is 4.52. The second-order valence-corrected chi connectivity index (χ2v) is 5.84. The number of carboxylic acid groups (broad SMARTS) is 1. The number of amides is 2. The van der Waals surface area contributed by atoms with Crippen LogP contribution in [0.4, 0.5) is 10.5 Å². The Morgan fingerprint density at radius 1 is 1.20 bits per heavy atom. The molecule has 0 spiro atoms. The molecule has 1 aliphatic carbocycles. The predicted molar refractivity (Wildman–Crippen MR) is 80.1 cm³/mol. The van der Waals surface area contributed by atoms with Gasteiger partial charge in [-0.3, -0.25) is 0 Å². The molecule has 1 aliphatic rings. The first-order valence-corrected chi connectivity index (χ1v) is 7.46. The van der Waals surface area contributed by atoms with Gasteiger partial charge in [0.25, 0.3) is 0 Å². The number of nitrogens with one attached hydrogen (secondary N) is 2. The monoisotopic (exact) mass is 340 g/mol. The summed E-state index contributed by atoms with van der Waals surface area (Å²) < 4.78 is 0.718. The van der Waals surface area contributed by atoms with E-state index in [-0.39, 0.29) is 17.6 Å². The van der Waals surface area contributed by atoms with Crippen molar-refractivity contribution in [1.82, 2.24) is 5.32 Å². The van der Waals surface area contributed by atoms with Gasteiger partial charge in [-0.2, -0.15) is 0 Å². The SMILES string of the molecule is O=C(Nc1cc(Br)ccc1C(=O)O)NC1CCCCC1. The van der Waals surface area contributed by atoms with Gasteiger partial charge < -0.3 is 15.7 Å². The highest BCUT2D eigenvalue weighted by Crippen LogP contribution is 2.22. The van der Waals surface area contributed by atoms with E-state index in [1.807, 2.05) is 0 Å². The van der Waals surface area contributed by atoms with E-state index in [1.165, 1.54) is 12.5 Å². The fraction of sp³-hybridized carbons (Fsp3) is 0.429. The molecule has 1 aromatic carbocycles. The van der Waals surface area contributed by atoms with Crippen molar-refractivity contribution in [3.63, 3.8) is 0 Å². The lowest BCUT2D eigenvalue weighted by Gasteiger charge is -2.23. The Bertz CT molecular complexity index is 513. The van der Waals surface area contributed by atoms with Gasteiger partial charge in [-0.05, 0) is 31.0 Å². The van der Waals surface area contributed by atoms with Crippen molar-refractivity contribution in [1.29, 1.82) is 0 Å². The molecule has 0 heterocycles. The van der Waals surface area contributed by atoms with Crippen molar-refractivity contribution in [3.05, 3.63) is 28.2 Å². The van der Waals surface area contributed by atoms with Gasteiger partial charge in [-0.1, -0.05) is 35.2 Å². The third-order valence-corrected chi connectivity index (χ3v) is 3.89. The molecule has 0 unspecified atom stereocenters. The lowest BCUT2D eigenvalue weighted by molar-refractivity contribution is 0.0698. The van der Waals surface area contributed by atoms with E-state index in [0.29, 0.717) is 5.69 Å². The molecule has 6 heteroatoms. The molecule has 0 bridgehead atoms. The lowest BCUT2D eigenvalue weighted by Crippen LogP contribution is -2.39. The van der Waals surface area contributed by atoms with E-state index in [0.717, 1.165) is 30.2 Å². The van der Waals surface area contributed by atoms with Crippen LogP contribution in [0.25, 0.3) is 0 Å². The molecule has 1 aromatic rings. The van der Waals surface area contributed by atoms with Crippen LogP contribution in [0.15, 0.2) is 22.7 Å². The molecule has 5 nitrogen and oxygen atoms in total. The molecule has 2 amide bonds. The molecule has 0 aliphatic heterocycles. The number of carbonyl (C=O) groups is 2. The van der Waals surface area contributed by atoms with Crippen molar-refractivity contribution in [2.75, 3.05) is 5.32 Å². The number of halogens is 1. The van der Waals surface area contributed by atoms with Crippen LogP contribution in [0.3, 0.4) is 0 Å². The Balaban J connectivity index is 2.03. The fourth-order valence-corrected chi connectivity index (χ4v) is 2.76. The van der Waals surface area contributed by atoms with Gasteiger partial charge in [0.15, 0.2) is 0 Å². The topological polar surface area (TPSA) is 78.4 Å². The number of aromatic carboxylic acids is 1. The van der Waals surface area contributed by atoms with Gasteiger partial charge in [0.1, 0.15) is 0 Å². The minimum absolute atomic E-state index is 0.0759. The van der Waals surface area contributed by atoms with Gasteiger partial charge in [-0.15, -0.1) is 0 Å². The van der Waals surface area contributed by atoms with Crippen LogP contribution in [-0.2, 0) is 0 Å². The van der Waals surface area contributed by atoms with Gasteiger partial charge in [0, 0.05) is 10.5 Å². The van der Waals surface area contributed by atoms with Crippen molar-refractivity contribution < 1.29 is 14.7 Å². The van der Waals surface area contributed by atoms with E-state index in [2.05, 4.69) is 26.6 Å². The van der Waals surface area contributed by atoms with Crippen LogP contribution in [0.2, 0.25) is 0 Å². The second kappa shape index (κ2) is 6.74. The Morgan fingerprint density at radius 3 is 2.55 bits per heavy atom.